The zero-order valence-corrected chi connectivity index (χ0v) is 14.8. The maximum atomic E-state index is 5.12. The highest BCUT2D eigenvalue weighted by Gasteiger charge is 2.09. The first-order valence-corrected chi connectivity index (χ1v) is 8.27. The first-order chi connectivity index (χ1) is 12.2. The van der Waals surface area contributed by atoms with Crippen molar-refractivity contribution in [1.82, 2.24) is 20.2 Å². The van der Waals surface area contributed by atoms with Crippen LogP contribution >= 0.6 is 15.9 Å². The van der Waals surface area contributed by atoms with Crippen molar-refractivity contribution in [2.45, 2.75) is 0 Å². The lowest BCUT2D eigenvalue weighted by Gasteiger charge is -1.99. The molecule has 2 N–H and O–H groups in total. The summed E-state index contributed by atoms with van der Waals surface area (Å²) in [6.07, 6.45) is 1.68. The van der Waals surface area contributed by atoms with Gasteiger partial charge in [-0.2, -0.15) is 10.1 Å². The lowest BCUT2D eigenvalue weighted by atomic mass is 10.2. The zero-order chi connectivity index (χ0) is 17.2. The smallest absolute Gasteiger partial charge is 0.265 e. The van der Waals surface area contributed by atoms with E-state index >= 15 is 0 Å². The molecule has 0 spiro atoms. The van der Waals surface area contributed by atoms with Gasteiger partial charge >= 0.3 is 0 Å². The number of methoxy groups -OCH3 is 1. The second-order valence-corrected chi connectivity index (χ2v) is 6.21. The third-order valence-electron chi connectivity index (χ3n) is 3.67. The van der Waals surface area contributed by atoms with Gasteiger partial charge in [0.05, 0.1) is 13.3 Å². The van der Waals surface area contributed by atoms with Gasteiger partial charge in [-0.3, -0.25) is 0 Å². The van der Waals surface area contributed by atoms with Crippen molar-refractivity contribution in [2.24, 2.45) is 5.10 Å². The Morgan fingerprint density at radius 3 is 2.80 bits per heavy atom. The zero-order valence-electron chi connectivity index (χ0n) is 13.2. The summed E-state index contributed by atoms with van der Waals surface area (Å²) in [6, 6.07) is 13.5. The van der Waals surface area contributed by atoms with Crippen LogP contribution in [0.3, 0.4) is 0 Å². The number of hydrogen-bond acceptors (Lipinski definition) is 6. The van der Waals surface area contributed by atoms with E-state index in [2.05, 4.69) is 46.6 Å². The standard InChI is InChI=1S/C17H13BrN6O/c1-25-12-5-2-10(3-6-12)9-19-23-17-21-16-15(22-24-17)13-8-11(18)4-7-14(13)20-16/h2-9H,1H3,(H2,20,21,23,24). The molecule has 8 heteroatoms. The predicted octanol–water partition coefficient (Wildman–Crippen LogP) is 3.72. The van der Waals surface area contributed by atoms with Crippen molar-refractivity contribution in [3.63, 3.8) is 0 Å². The third kappa shape index (κ3) is 3.16. The van der Waals surface area contributed by atoms with E-state index in [1.54, 1.807) is 13.3 Å². The van der Waals surface area contributed by atoms with Gasteiger partial charge in [-0.15, -0.1) is 10.2 Å². The van der Waals surface area contributed by atoms with E-state index in [1.165, 1.54) is 0 Å². The van der Waals surface area contributed by atoms with Crippen LogP contribution < -0.4 is 10.2 Å². The number of hydrazone groups is 1. The van der Waals surface area contributed by atoms with Gasteiger partial charge in [0.2, 0.25) is 0 Å². The number of H-pyrrole nitrogens is 1. The molecule has 124 valence electrons. The van der Waals surface area contributed by atoms with Crippen LogP contribution in [0.5, 0.6) is 5.75 Å². The number of aromatic amines is 1. The van der Waals surface area contributed by atoms with Crippen LogP contribution in [-0.2, 0) is 0 Å². The minimum absolute atomic E-state index is 0.322. The molecule has 2 aromatic carbocycles. The van der Waals surface area contributed by atoms with Crippen LogP contribution in [0.25, 0.3) is 22.1 Å². The fourth-order valence-electron chi connectivity index (χ4n) is 2.45. The Hall–Kier alpha value is -3.00. The predicted molar refractivity (Wildman–Crippen MR) is 101 cm³/mol. The molecule has 0 saturated carbocycles. The number of hydrogen-bond donors (Lipinski definition) is 2. The normalized spacial score (nSPS) is 11.4. The highest BCUT2D eigenvalue weighted by Crippen LogP contribution is 2.25. The van der Waals surface area contributed by atoms with E-state index in [9.17, 15) is 0 Å². The Morgan fingerprint density at radius 2 is 2.00 bits per heavy atom. The SMILES string of the molecule is COc1ccc(C=NNc2nnc3c(n2)[nH]c2ccc(Br)cc23)cc1. The van der Waals surface area contributed by atoms with E-state index in [1.807, 2.05) is 42.5 Å². The Kier molecular flexibility index (Phi) is 4.02. The molecular formula is C17H13BrN6O. The number of rotatable bonds is 4. The average Bonchev–Trinajstić information content (AvgIpc) is 2.99. The Balaban J connectivity index is 1.57. The number of nitrogens with zero attached hydrogens (tertiary/aromatic N) is 4. The maximum absolute atomic E-state index is 5.12. The van der Waals surface area contributed by atoms with Gasteiger partial charge in [0.25, 0.3) is 5.95 Å². The maximum Gasteiger partial charge on any atom is 0.265 e. The molecule has 4 rings (SSSR count). The molecular weight excluding hydrogens is 384 g/mol. The van der Waals surface area contributed by atoms with Crippen LogP contribution in [0.2, 0.25) is 0 Å². The number of aromatic nitrogens is 4. The van der Waals surface area contributed by atoms with E-state index in [4.69, 9.17) is 4.74 Å². The van der Waals surface area contributed by atoms with E-state index in [0.717, 1.165) is 32.2 Å². The molecule has 0 aliphatic rings. The lowest BCUT2D eigenvalue weighted by molar-refractivity contribution is 0.415. The summed E-state index contributed by atoms with van der Waals surface area (Å²) in [4.78, 5) is 7.64. The van der Waals surface area contributed by atoms with Gasteiger partial charge in [0, 0.05) is 15.4 Å². The summed E-state index contributed by atoms with van der Waals surface area (Å²) in [5.74, 6) is 1.12. The summed E-state index contributed by atoms with van der Waals surface area (Å²) in [5, 5.41) is 13.4. The first kappa shape index (κ1) is 15.5. The number of nitrogens with one attached hydrogen (secondary N) is 2. The minimum Gasteiger partial charge on any atom is -0.497 e. The Bertz CT molecular complexity index is 1070. The molecule has 0 fully saturated rings. The molecule has 0 aliphatic carbocycles. The molecule has 0 atom stereocenters. The fourth-order valence-corrected chi connectivity index (χ4v) is 2.81. The van der Waals surface area contributed by atoms with E-state index in [-0.39, 0.29) is 0 Å². The summed E-state index contributed by atoms with van der Waals surface area (Å²) < 4.78 is 6.10. The molecule has 0 unspecified atom stereocenters. The number of benzene rings is 2. The second-order valence-electron chi connectivity index (χ2n) is 5.29. The van der Waals surface area contributed by atoms with Crippen molar-refractivity contribution in [3.8, 4) is 5.75 Å². The quantitative estimate of drug-likeness (QED) is 0.405. The summed E-state index contributed by atoms with van der Waals surface area (Å²) >= 11 is 3.46. The fraction of sp³-hybridized carbons (Fsp3) is 0.0588. The van der Waals surface area contributed by atoms with Crippen molar-refractivity contribution >= 4 is 50.2 Å². The number of halogens is 1. The number of fused-ring (bicyclic) bond motifs is 3. The highest BCUT2D eigenvalue weighted by atomic mass is 79.9. The van der Waals surface area contributed by atoms with Crippen molar-refractivity contribution in [2.75, 3.05) is 12.5 Å². The van der Waals surface area contributed by atoms with Gasteiger partial charge in [-0.05, 0) is 48.0 Å². The molecule has 2 aromatic heterocycles. The van der Waals surface area contributed by atoms with Crippen LogP contribution in [0.4, 0.5) is 5.95 Å². The van der Waals surface area contributed by atoms with E-state index in [0.29, 0.717) is 11.6 Å². The van der Waals surface area contributed by atoms with Crippen molar-refractivity contribution in [3.05, 3.63) is 52.5 Å². The van der Waals surface area contributed by atoms with Crippen molar-refractivity contribution in [1.29, 1.82) is 0 Å². The number of anilines is 1. The first-order valence-electron chi connectivity index (χ1n) is 7.48. The van der Waals surface area contributed by atoms with Crippen molar-refractivity contribution < 1.29 is 4.74 Å². The van der Waals surface area contributed by atoms with Crippen LogP contribution in [0.1, 0.15) is 5.56 Å². The third-order valence-corrected chi connectivity index (χ3v) is 4.16. The molecule has 2 heterocycles. The molecule has 0 aliphatic heterocycles. The Labute approximate surface area is 151 Å². The summed E-state index contributed by atoms with van der Waals surface area (Å²) in [5.41, 5.74) is 6.06. The molecule has 4 aromatic rings. The van der Waals surface area contributed by atoms with Gasteiger partial charge in [0.15, 0.2) is 5.65 Å². The molecule has 25 heavy (non-hydrogen) atoms. The van der Waals surface area contributed by atoms with Gasteiger partial charge in [-0.25, -0.2) is 5.43 Å². The van der Waals surface area contributed by atoms with Gasteiger partial charge in [-0.1, -0.05) is 15.9 Å². The monoisotopic (exact) mass is 396 g/mol. The topological polar surface area (TPSA) is 88.1 Å². The van der Waals surface area contributed by atoms with Gasteiger partial charge in [0.1, 0.15) is 11.3 Å². The van der Waals surface area contributed by atoms with Crippen LogP contribution in [0.15, 0.2) is 52.0 Å². The summed E-state index contributed by atoms with van der Waals surface area (Å²) in [7, 11) is 1.63. The highest BCUT2D eigenvalue weighted by molar-refractivity contribution is 9.10. The lowest BCUT2D eigenvalue weighted by Crippen LogP contribution is -1.99. The molecule has 0 saturated heterocycles. The minimum atomic E-state index is 0.322. The largest absolute Gasteiger partial charge is 0.497 e. The average molecular weight is 397 g/mol. The number of ether oxygens (including phenoxy) is 1. The molecule has 0 bridgehead atoms. The van der Waals surface area contributed by atoms with Gasteiger partial charge < -0.3 is 9.72 Å². The molecule has 0 amide bonds. The van der Waals surface area contributed by atoms with Crippen LogP contribution in [0, 0.1) is 0 Å². The molecule has 0 radical (unpaired) electrons. The second kappa shape index (κ2) is 6.48. The molecule has 7 nitrogen and oxygen atoms in total. The summed E-state index contributed by atoms with van der Waals surface area (Å²) in [6.45, 7) is 0. The van der Waals surface area contributed by atoms with Crippen LogP contribution in [-0.4, -0.2) is 33.5 Å². The van der Waals surface area contributed by atoms with E-state index < -0.39 is 0 Å². The Morgan fingerprint density at radius 1 is 1.16 bits per heavy atom.